The molecule has 1 aromatic rings. The third-order valence-corrected chi connectivity index (χ3v) is 2.29. The van der Waals surface area contributed by atoms with Crippen LogP contribution in [-0.4, -0.2) is 40.3 Å². The lowest BCUT2D eigenvalue weighted by molar-refractivity contribution is 0.00306. The molecule has 5 nitrogen and oxygen atoms in total. The Kier molecular flexibility index (Phi) is 2.54. The Bertz CT molecular complexity index is 329. The van der Waals surface area contributed by atoms with E-state index in [1.807, 2.05) is 0 Å². The number of anilines is 1. The molecule has 0 saturated carbocycles. The zero-order chi connectivity index (χ0) is 10.0. The Hall–Kier alpha value is -0.910. The SMILES string of the molecule is OC1(CNc2cncc(Cl)n2)CNC1. The average molecular weight is 215 g/mol. The maximum atomic E-state index is 9.73. The van der Waals surface area contributed by atoms with E-state index in [1.165, 1.54) is 6.20 Å². The van der Waals surface area contributed by atoms with Crippen LogP contribution in [0.15, 0.2) is 12.4 Å². The zero-order valence-corrected chi connectivity index (χ0v) is 8.25. The van der Waals surface area contributed by atoms with Gasteiger partial charge in [0, 0.05) is 19.6 Å². The summed E-state index contributed by atoms with van der Waals surface area (Å²) in [6.45, 7) is 1.66. The summed E-state index contributed by atoms with van der Waals surface area (Å²) < 4.78 is 0. The van der Waals surface area contributed by atoms with E-state index >= 15 is 0 Å². The molecule has 6 heteroatoms. The molecule has 0 aromatic carbocycles. The highest BCUT2D eigenvalue weighted by Crippen LogP contribution is 2.12. The van der Waals surface area contributed by atoms with Crippen LogP contribution < -0.4 is 10.6 Å². The van der Waals surface area contributed by atoms with E-state index in [1.54, 1.807) is 6.20 Å². The van der Waals surface area contributed by atoms with Crippen molar-refractivity contribution >= 4 is 17.4 Å². The van der Waals surface area contributed by atoms with Crippen LogP contribution >= 0.6 is 11.6 Å². The van der Waals surface area contributed by atoms with Gasteiger partial charge in [-0.15, -0.1) is 0 Å². The van der Waals surface area contributed by atoms with Crippen LogP contribution in [0.3, 0.4) is 0 Å². The van der Waals surface area contributed by atoms with Gasteiger partial charge in [0.1, 0.15) is 16.6 Å². The number of hydrogen-bond acceptors (Lipinski definition) is 5. The number of nitrogens with one attached hydrogen (secondary N) is 2. The van der Waals surface area contributed by atoms with Crippen molar-refractivity contribution in [1.29, 1.82) is 0 Å². The predicted molar refractivity (Wildman–Crippen MR) is 53.4 cm³/mol. The molecule has 0 radical (unpaired) electrons. The minimum atomic E-state index is -0.663. The van der Waals surface area contributed by atoms with Crippen LogP contribution in [0.4, 0.5) is 5.82 Å². The van der Waals surface area contributed by atoms with Gasteiger partial charge in [0.15, 0.2) is 0 Å². The molecular formula is C8H11ClN4O. The van der Waals surface area contributed by atoms with Gasteiger partial charge in [-0.3, -0.25) is 4.98 Å². The Morgan fingerprint density at radius 1 is 1.57 bits per heavy atom. The van der Waals surface area contributed by atoms with Crippen molar-refractivity contribution in [2.45, 2.75) is 5.60 Å². The molecule has 1 fully saturated rings. The second-order valence-electron chi connectivity index (χ2n) is 3.41. The van der Waals surface area contributed by atoms with Gasteiger partial charge in [-0.2, -0.15) is 0 Å². The molecule has 1 aromatic heterocycles. The van der Waals surface area contributed by atoms with Crippen LogP contribution in [0.2, 0.25) is 5.15 Å². The molecule has 1 aliphatic heterocycles. The van der Waals surface area contributed by atoms with E-state index in [2.05, 4.69) is 20.6 Å². The molecule has 0 spiro atoms. The standard InChI is InChI=1S/C8H11ClN4O/c9-6-1-10-2-7(13-6)12-5-8(14)3-11-4-8/h1-2,11,14H,3-5H2,(H,12,13). The second-order valence-corrected chi connectivity index (χ2v) is 3.80. The van der Waals surface area contributed by atoms with Gasteiger partial charge in [0.25, 0.3) is 0 Å². The van der Waals surface area contributed by atoms with Crippen LogP contribution in [0.5, 0.6) is 0 Å². The van der Waals surface area contributed by atoms with Crippen molar-refractivity contribution in [3.63, 3.8) is 0 Å². The fraction of sp³-hybridized carbons (Fsp3) is 0.500. The molecule has 2 rings (SSSR count). The molecule has 0 aliphatic carbocycles. The normalized spacial score (nSPS) is 18.7. The van der Waals surface area contributed by atoms with Crippen molar-refractivity contribution in [1.82, 2.24) is 15.3 Å². The number of aromatic nitrogens is 2. The molecule has 3 N–H and O–H groups in total. The predicted octanol–water partition coefficient (Wildman–Crippen LogP) is -0.124. The van der Waals surface area contributed by atoms with Gasteiger partial charge in [-0.1, -0.05) is 11.6 Å². The highest BCUT2D eigenvalue weighted by atomic mass is 35.5. The Morgan fingerprint density at radius 3 is 2.93 bits per heavy atom. The van der Waals surface area contributed by atoms with Gasteiger partial charge in [-0.05, 0) is 0 Å². The summed E-state index contributed by atoms with van der Waals surface area (Å²) in [5.74, 6) is 0.581. The van der Waals surface area contributed by atoms with Gasteiger partial charge >= 0.3 is 0 Å². The van der Waals surface area contributed by atoms with Crippen molar-refractivity contribution in [2.24, 2.45) is 0 Å². The molecule has 0 bridgehead atoms. The molecular weight excluding hydrogens is 204 g/mol. The van der Waals surface area contributed by atoms with Crippen molar-refractivity contribution in [3.8, 4) is 0 Å². The van der Waals surface area contributed by atoms with Gasteiger partial charge < -0.3 is 15.7 Å². The Morgan fingerprint density at radius 2 is 2.36 bits per heavy atom. The van der Waals surface area contributed by atoms with Gasteiger partial charge in [-0.25, -0.2) is 4.98 Å². The summed E-state index contributed by atoms with van der Waals surface area (Å²) in [7, 11) is 0. The number of hydrogen-bond donors (Lipinski definition) is 3. The second kappa shape index (κ2) is 3.68. The van der Waals surface area contributed by atoms with E-state index in [-0.39, 0.29) is 0 Å². The molecule has 0 unspecified atom stereocenters. The van der Waals surface area contributed by atoms with E-state index in [0.29, 0.717) is 30.6 Å². The van der Waals surface area contributed by atoms with E-state index in [9.17, 15) is 5.11 Å². The van der Waals surface area contributed by atoms with E-state index in [4.69, 9.17) is 11.6 Å². The van der Waals surface area contributed by atoms with Crippen LogP contribution in [-0.2, 0) is 0 Å². The fourth-order valence-corrected chi connectivity index (χ4v) is 1.37. The highest BCUT2D eigenvalue weighted by molar-refractivity contribution is 6.29. The van der Waals surface area contributed by atoms with Crippen molar-refractivity contribution in [3.05, 3.63) is 17.5 Å². The number of nitrogens with zero attached hydrogens (tertiary/aromatic N) is 2. The highest BCUT2D eigenvalue weighted by Gasteiger charge is 2.33. The van der Waals surface area contributed by atoms with Crippen LogP contribution in [0.25, 0.3) is 0 Å². The number of halogens is 1. The van der Waals surface area contributed by atoms with Crippen molar-refractivity contribution < 1.29 is 5.11 Å². The fourth-order valence-electron chi connectivity index (χ4n) is 1.22. The lowest BCUT2D eigenvalue weighted by Crippen LogP contribution is -2.63. The minimum Gasteiger partial charge on any atom is -0.385 e. The number of rotatable bonds is 3. The van der Waals surface area contributed by atoms with Gasteiger partial charge in [0.2, 0.25) is 0 Å². The Labute approximate surface area is 86.5 Å². The van der Waals surface area contributed by atoms with Crippen LogP contribution in [0, 0.1) is 0 Å². The smallest absolute Gasteiger partial charge is 0.149 e. The number of aliphatic hydroxyl groups is 1. The molecule has 0 amide bonds. The number of β-amino-alcohol motifs (C(OH)–C–C–N with tert-alkyl or cyclic N) is 1. The first-order chi connectivity index (χ1) is 6.68. The molecule has 76 valence electrons. The summed E-state index contributed by atoms with van der Waals surface area (Å²) in [6, 6.07) is 0. The van der Waals surface area contributed by atoms with E-state index in [0.717, 1.165) is 0 Å². The monoisotopic (exact) mass is 214 g/mol. The summed E-state index contributed by atoms with van der Waals surface area (Å²) in [6.07, 6.45) is 3.04. The van der Waals surface area contributed by atoms with Gasteiger partial charge in [0.05, 0.1) is 12.4 Å². The average Bonchev–Trinajstić information content (AvgIpc) is 2.12. The first kappa shape index (κ1) is 9.64. The lowest BCUT2D eigenvalue weighted by atomic mass is 9.97. The first-order valence-electron chi connectivity index (χ1n) is 4.32. The molecule has 1 aliphatic rings. The summed E-state index contributed by atoms with van der Waals surface area (Å²) >= 11 is 5.65. The molecule has 2 heterocycles. The molecule has 0 atom stereocenters. The molecule has 1 saturated heterocycles. The Balaban J connectivity index is 1.91. The molecule has 14 heavy (non-hydrogen) atoms. The topological polar surface area (TPSA) is 70.1 Å². The third-order valence-electron chi connectivity index (χ3n) is 2.11. The van der Waals surface area contributed by atoms with Crippen LogP contribution in [0.1, 0.15) is 0 Å². The van der Waals surface area contributed by atoms with Crippen molar-refractivity contribution in [2.75, 3.05) is 25.0 Å². The minimum absolute atomic E-state index is 0.341. The summed E-state index contributed by atoms with van der Waals surface area (Å²) in [5, 5.41) is 16.1. The quantitative estimate of drug-likeness (QED) is 0.654. The van der Waals surface area contributed by atoms with E-state index < -0.39 is 5.60 Å². The zero-order valence-electron chi connectivity index (χ0n) is 7.50. The lowest BCUT2D eigenvalue weighted by Gasteiger charge is -2.37. The largest absolute Gasteiger partial charge is 0.385 e. The summed E-state index contributed by atoms with van der Waals surface area (Å²) in [4.78, 5) is 7.87. The maximum absolute atomic E-state index is 9.73. The third kappa shape index (κ3) is 2.12. The summed E-state index contributed by atoms with van der Waals surface area (Å²) in [5.41, 5.74) is -0.663. The first-order valence-corrected chi connectivity index (χ1v) is 4.70. The maximum Gasteiger partial charge on any atom is 0.149 e.